The summed E-state index contributed by atoms with van der Waals surface area (Å²) >= 11 is 194. The molecule has 0 N–H and O–H groups in total. The summed E-state index contributed by atoms with van der Waals surface area (Å²) in [4.78, 5) is 0. The monoisotopic (exact) mass is 14200 g/mol. The summed E-state index contributed by atoms with van der Waals surface area (Å²) in [7, 11) is -34.3. The molecule has 112 heavy (non-hydrogen) atoms. The quantitative estimate of drug-likeness (QED) is 0.0533. The zero-order valence-corrected chi connectivity index (χ0v) is 284. The Bertz CT molecular complexity index is 2220. The Morgan fingerprint density at radius 2 is 0.0714 bits per heavy atom. The molecule has 0 heterocycles. The Labute approximate surface area is 1400 Å². The number of rotatable bonds is 54. The predicted molar refractivity (Wildman–Crippen MR) is 1570 cm³/mol. The van der Waals surface area contributed by atoms with E-state index in [4.69, 9.17) is 0 Å². The molecule has 0 aliphatic rings. The van der Waals surface area contributed by atoms with Gasteiger partial charge >= 0.3 is 1500 Å². The van der Waals surface area contributed by atoms with Gasteiger partial charge in [-0.05, 0) is 0 Å². The molecule has 0 nitrogen and oxygen atoms in total. The van der Waals surface area contributed by atoms with Gasteiger partial charge in [0.15, 0.2) is 0 Å². The molecule has 0 bridgehead atoms. The van der Waals surface area contributed by atoms with Gasteiger partial charge in [-0.15, -0.1) is 0 Å². The van der Waals surface area contributed by atoms with E-state index in [0.29, 0.717) is 0 Å². The van der Waals surface area contributed by atoms with Gasteiger partial charge in [0.05, 0.1) is 0 Å². The average Bonchev–Trinajstić information content (AvgIpc) is 0.822. The van der Waals surface area contributed by atoms with Gasteiger partial charge < -0.3 is 0 Å². The van der Waals surface area contributed by atoms with Gasteiger partial charge in [0, 0.05) is 0 Å². The summed E-state index contributed by atoms with van der Waals surface area (Å²) < 4.78 is 0. The van der Waals surface area contributed by atoms with Crippen molar-refractivity contribution in [3.05, 3.63) is 0 Å². The van der Waals surface area contributed by atoms with Crippen molar-refractivity contribution in [2.24, 2.45) is 0 Å². The van der Waals surface area contributed by atoms with Crippen molar-refractivity contribution >= 4 is 1500 Å². The molecule has 0 unspecified atom stereocenters. The van der Waals surface area contributed by atoms with Crippen molar-refractivity contribution in [1.82, 2.24) is 0 Å². The van der Waals surface area contributed by atoms with Crippen LogP contribution in [-0.2, 0) is 0 Å². The second kappa shape index (κ2) is 116. The first-order valence-corrected chi connectivity index (χ1v) is 714. The van der Waals surface area contributed by atoms with E-state index in [1.165, 1.54) is 0 Å². The van der Waals surface area contributed by atoms with Gasteiger partial charge in [0.1, 0.15) is 0 Å². The van der Waals surface area contributed by atoms with Gasteiger partial charge in [-0.25, -0.2) is 0 Å². The van der Waals surface area contributed by atoms with E-state index in [2.05, 4.69) is 1060 Å². The van der Waals surface area contributed by atoms with E-state index in [9.17, 15) is 0 Å². The van der Waals surface area contributed by atoms with Crippen LogP contribution >= 0.6 is 1500 Å². The van der Waals surface area contributed by atoms with Crippen molar-refractivity contribution in [3.63, 3.8) is 0 Å². The maximum atomic E-state index is 3.49. The van der Waals surface area contributed by atoms with Crippen LogP contribution in [0.5, 0.6) is 0 Å². The minimum atomic E-state index is -0.671. The van der Waals surface area contributed by atoms with Crippen LogP contribution in [0.1, 0.15) is 0 Å². The molecule has 0 aromatic heterocycles. The Balaban J connectivity index is 5.94. The molecule has 0 radical (unpaired) electrons. The molecule has 0 amide bonds. The van der Waals surface area contributed by atoms with Crippen molar-refractivity contribution < 1.29 is 0 Å². The molecule has 0 aliphatic carbocycles. The van der Waals surface area contributed by atoms with Crippen LogP contribution in [0, 0.1) is 0 Å². The van der Waals surface area contributed by atoms with Crippen LogP contribution in [0.15, 0.2) is 0 Å². The second-order valence-electron chi connectivity index (χ2n) is 8.91. The molecule has 0 fully saturated rings. The molecular formula is I112. The SMILES string of the molecule is II(I)I(I)I(I)I(I)I(I)I(I)I(I)I(I)I(I)I(I)I(I)I(I)I(I)I(I)I(I)I(I)I(I)I(I)I(I)I(I)I(I)I(I)I(I)I(I)I(I)I(I)I(I)I(I)I(I)I(I)I(I)I(I)I(I)I(I)I(I)I(I)I(I)I(I)I(I)I(I)I(I)I(I)I(I)I(I)I(I)I(I)I(I)I(I)I(I)I(I)I(I)I(I)I(I)I(I)I(I)I. The molecule has 0 spiro atoms. The molecule has 784 valence electrons. The molecule has 0 atom stereocenters. The predicted octanol–water partition coefficient (Wildman–Crippen LogP) is 99.2. The number of hydrogen-bond donors (Lipinski definition) is 0. The van der Waals surface area contributed by atoms with Crippen LogP contribution in [0.25, 0.3) is 0 Å². The summed E-state index contributed by atoms with van der Waals surface area (Å²) in [6.45, 7) is 0. The van der Waals surface area contributed by atoms with E-state index in [1.54, 1.807) is 0 Å². The fourth-order valence-electron chi connectivity index (χ4n) is 1.64. The Morgan fingerprint density at radius 1 is 0.0446 bits per heavy atom. The fourth-order valence-corrected chi connectivity index (χ4v) is 22200. The van der Waals surface area contributed by atoms with Crippen LogP contribution < -0.4 is 0 Å². The first kappa shape index (κ1) is 194. The third kappa shape index (κ3) is 78.7. The van der Waals surface area contributed by atoms with Crippen LogP contribution in [0.3, 0.4) is 0 Å². The first-order chi connectivity index (χ1) is 50.9. The van der Waals surface area contributed by atoms with Crippen molar-refractivity contribution in [1.29, 1.82) is 0 Å². The first-order valence-electron chi connectivity index (χ1n) is 15.9. The number of hydrogen-bond acceptors (Lipinski definition) is 0. The van der Waals surface area contributed by atoms with E-state index >= 15 is 0 Å². The van der Waals surface area contributed by atoms with Gasteiger partial charge in [-0.2, -0.15) is 0 Å². The Kier molecular flexibility index (Phi) is 201. The average molecular weight is 14200 g/mol. The summed E-state index contributed by atoms with van der Waals surface area (Å²) in [6, 6.07) is 0. The van der Waals surface area contributed by atoms with Gasteiger partial charge in [-0.1, -0.05) is 0 Å². The molecule has 0 rings (SSSR count). The third-order valence-corrected chi connectivity index (χ3v) is 8930. The van der Waals surface area contributed by atoms with E-state index in [0.717, 1.165) is 0 Å². The van der Waals surface area contributed by atoms with Crippen molar-refractivity contribution in [2.45, 2.75) is 0 Å². The zero-order chi connectivity index (χ0) is 88.8. The van der Waals surface area contributed by atoms with E-state index in [1.807, 2.05) is 0 Å². The Hall–Kier alpha value is 81.8. The maximum absolute atomic E-state index is 3.49. The molecule has 0 aromatic carbocycles. The van der Waals surface area contributed by atoms with Crippen LogP contribution in [0.2, 0.25) is 0 Å². The summed E-state index contributed by atoms with van der Waals surface area (Å²) in [5.74, 6) is 0. The molecular weight excluding hydrogens is 14200 g/mol. The van der Waals surface area contributed by atoms with Crippen molar-refractivity contribution in [3.8, 4) is 0 Å². The normalized spacial score (nSPS) is 19.2. The molecule has 112 heteroatoms. The van der Waals surface area contributed by atoms with Gasteiger partial charge in [0.25, 0.3) is 0 Å². The van der Waals surface area contributed by atoms with E-state index in [-0.39, 0.29) is 0 Å². The molecule has 0 aromatic rings. The molecule has 0 aliphatic heterocycles. The van der Waals surface area contributed by atoms with Gasteiger partial charge in [0.2, 0.25) is 0 Å². The van der Waals surface area contributed by atoms with E-state index < -0.39 is 434 Å². The van der Waals surface area contributed by atoms with Crippen LogP contribution in [0.4, 0.5) is 0 Å². The van der Waals surface area contributed by atoms with Gasteiger partial charge in [-0.3, -0.25) is 0 Å². The molecule has 0 saturated carbocycles. The molecule has 0 saturated heterocycles. The third-order valence-electron chi connectivity index (χ3n) is 4.41. The minimum absolute atomic E-state index is 0.494. The second-order valence-corrected chi connectivity index (χ2v) is 2690. The standard InChI is InChI=1S/I112/c1-58(2)60(5)62(7)64(9)66(11)68(13)70(15)72(17)74(19)76(21)78(23)80(25)82(27)84(29)86(31)88(33)90(35)92(37)94(39)96(41)98(43)100(45)102(47)104(49)106(51)108(53)110(55)112(57)111(56)109(54)107(52)105(50)103(48)101(46)99(44)97(42)95(40)93(38)91(36)89(34)87(32)85(30)83(28)81(26)79(24)77(22)75(20)73(18)71(16)69(14)67(12)65(10)63(8)61(6)59(3)4. The summed E-state index contributed by atoms with van der Waals surface area (Å²) in [6.07, 6.45) is 0. The Morgan fingerprint density at radius 3 is 0.0982 bits per heavy atom. The fraction of sp³-hybridized carbons (Fsp3) is 0. The summed E-state index contributed by atoms with van der Waals surface area (Å²) in [5, 5.41) is 0. The number of halogens is 112. The van der Waals surface area contributed by atoms with Crippen LogP contribution in [-0.4, -0.2) is 0 Å². The summed E-state index contributed by atoms with van der Waals surface area (Å²) in [5.41, 5.74) is 0. The topological polar surface area (TPSA) is 0 Å². The zero-order valence-electron chi connectivity index (χ0n) is 42.3. The van der Waals surface area contributed by atoms with Crippen molar-refractivity contribution in [2.75, 3.05) is 0 Å².